The van der Waals surface area contributed by atoms with Gasteiger partial charge in [-0.05, 0) is 53.8 Å². The quantitative estimate of drug-likeness (QED) is 0.678. The minimum absolute atomic E-state index is 1.26. The molecule has 0 fully saturated rings. The molecule has 1 aliphatic rings. The molecule has 0 radical (unpaired) electrons. The van der Waals surface area contributed by atoms with Gasteiger partial charge in [0.05, 0.1) is 0 Å². The standard InChI is InChI=1S/C8H10IN/c9-7-5-10-8-4-2-1-3-6(7)8/h5,10H,1-4H2. The predicted octanol–water partition coefficient (Wildman–Crippen LogP) is 2.50. The lowest BCUT2D eigenvalue weighted by atomic mass is 9.98. The van der Waals surface area contributed by atoms with Gasteiger partial charge >= 0.3 is 0 Å². The molecule has 2 rings (SSSR count). The van der Waals surface area contributed by atoms with Gasteiger partial charge in [0, 0.05) is 15.5 Å². The van der Waals surface area contributed by atoms with Gasteiger partial charge in [0.15, 0.2) is 0 Å². The van der Waals surface area contributed by atoms with Crippen LogP contribution in [0.2, 0.25) is 0 Å². The summed E-state index contributed by atoms with van der Waals surface area (Å²) in [6.07, 6.45) is 7.41. The third-order valence-corrected chi connectivity index (χ3v) is 3.09. The van der Waals surface area contributed by atoms with Gasteiger partial charge in [-0.15, -0.1) is 0 Å². The van der Waals surface area contributed by atoms with E-state index in [9.17, 15) is 0 Å². The molecule has 54 valence electrons. The van der Waals surface area contributed by atoms with Crippen molar-refractivity contribution in [3.05, 3.63) is 21.0 Å². The van der Waals surface area contributed by atoms with E-state index in [2.05, 4.69) is 33.8 Å². The molecule has 0 spiro atoms. The number of aryl methyl sites for hydroxylation is 1. The monoisotopic (exact) mass is 247 g/mol. The van der Waals surface area contributed by atoms with E-state index in [0.29, 0.717) is 0 Å². The molecule has 0 amide bonds. The first-order valence-electron chi connectivity index (χ1n) is 3.72. The fourth-order valence-electron chi connectivity index (χ4n) is 1.57. The van der Waals surface area contributed by atoms with E-state index in [1.54, 1.807) is 5.56 Å². The number of H-pyrrole nitrogens is 1. The SMILES string of the molecule is Ic1c[nH]c2c1CCCC2. The summed E-state index contributed by atoms with van der Waals surface area (Å²) in [6, 6.07) is 0. The molecule has 0 aliphatic heterocycles. The van der Waals surface area contributed by atoms with Gasteiger partial charge in [-0.1, -0.05) is 0 Å². The maximum atomic E-state index is 3.32. The zero-order chi connectivity index (χ0) is 6.97. The van der Waals surface area contributed by atoms with Crippen molar-refractivity contribution in [3.8, 4) is 0 Å². The Labute approximate surface area is 74.4 Å². The minimum Gasteiger partial charge on any atom is -0.364 e. The molecule has 1 aromatic heterocycles. The third kappa shape index (κ3) is 0.983. The molecular weight excluding hydrogens is 237 g/mol. The Morgan fingerprint density at radius 1 is 1.30 bits per heavy atom. The fraction of sp³-hybridized carbons (Fsp3) is 0.500. The Bertz CT molecular complexity index is 239. The number of rotatable bonds is 0. The lowest BCUT2D eigenvalue weighted by molar-refractivity contribution is 0.675. The van der Waals surface area contributed by atoms with E-state index < -0.39 is 0 Å². The van der Waals surface area contributed by atoms with Crippen LogP contribution in [0.15, 0.2) is 6.20 Å². The van der Waals surface area contributed by atoms with Crippen LogP contribution >= 0.6 is 22.6 Å². The zero-order valence-electron chi connectivity index (χ0n) is 5.78. The Morgan fingerprint density at radius 3 is 2.90 bits per heavy atom. The average molecular weight is 247 g/mol. The van der Waals surface area contributed by atoms with E-state index in [-0.39, 0.29) is 0 Å². The second-order valence-electron chi connectivity index (χ2n) is 2.80. The van der Waals surface area contributed by atoms with Crippen LogP contribution in [0.3, 0.4) is 0 Å². The summed E-state index contributed by atoms with van der Waals surface area (Å²) in [5.41, 5.74) is 3.06. The Kier molecular flexibility index (Phi) is 1.72. The van der Waals surface area contributed by atoms with Crippen LogP contribution in [0.25, 0.3) is 0 Å². The van der Waals surface area contributed by atoms with Gasteiger partial charge in [-0.3, -0.25) is 0 Å². The summed E-state index contributed by atoms with van der Waals surface area (Å²) in [4.78, 5) is 3.32. The Balaban J connectivity index is 2.45. The summed E-state index contributed by atoms with van der Waals surface area (Å²) in [7, 11) is 0. The molecule has 1 aromatic rings. The van der Waals surface area contributed by atoms with Crippen molar-refractivity contribution in [1.82, 2.24) is 4.98 Å². The number of fused-ring (bicyclic) bond motifs is 1. The largest absolute Gasteiger partial charge is 0.364 e. The number of hydrogen-bond donors (Lipinski definition) is 1. The van der Waals surface area contributed by atoms with E-state index in [1.165, 1.54) is 34.9 Å². The Hall–Kier alpha value is 0.01000. The van der Waals surface area contributed by atoms with E-state index >= 15 is 0 Å². The Morgan fingerprint density at radius 2 is 2.10 bits per heavy atom. The van der Waals surface area contributed by atoms with Crippen molar-refractivity contribution in [2.45, 2.75) is 25.7 Å². The number of hydrogen-bond acceptors (Lipinski definition) is 0. The fourth-order valence-corrected chi connectivity index (χ4v) is 2.32. The number of nitrogens with one attached hydrogen (secondary N) is 1. The zero-order valence-corrected chi connectivity index (χ0v) is 7.94. The molecule has 1 heterocycles. The van der Waals surface area contributed by atoms with E-state index in [0.717, 1.165) is 0 Å². The highest BCUT2D eigenvalue weighted by Crippen LogP contribution is 2.24. The van der Waals surface area contributed by atoms with Gasteiger partial charge < -0.3 is 4.98 Å². The molecule has 0 saturated carbocycles. The molecule has 1 nitrogen and oxygen atoms in total. The van der Waals surface area contributed by atoms with Crippen LogP contribution in [0.5, 0.6) is 0 Å². The van der Waals surface area contributed by atoms with Gasteiger partial charge in [-0.2, -0.15) is 0 Å². The molecule has 0 aromatic carbocycles. The topological polar surface area (TPSA) is 15.8 Å². The van der Waals surface area contributed by atoms with E-state index in [4.69, 9.17) is 0 Å². The average Bonchev–Trinajstić information content (AvgIpc) is 2.34. The summed E-state index contributed by atoms with van der Waals surface area (Å²) in [5, 5.41) is 0. The maximum Gasteiger partial charge on any atom is 0.0339 e. The first-order valence-corrected chi connectivity index (χ1v) is 4.80. The minimum atomic E-state index is 1.26. The van der Waals surface area contributed by atoms with Crippen LogP contribution in [-0.4, -0.2) is 4.98 Å². The summed E-state index contributed by atoms with van der Waals surface area (Å²) < 4.78 is 1.42. The van der Waals surface area contributed by atoms with Crippen molar-refractivity contribution in [3.63, 3.8) is 0 Å². The number of aromatic nitrogens is 1. The molecule has 0 atom stereocenters. The van der Waals surface area contributed by atoms with Crippen molar-refractivity contribution < 1.29 is 0 Å². The molecule has 1 N–H and O–H groups in total. The highest BCUT2D eigenvalue weighted by Gasteiger charge is 2.12. The molecule has 1 aliphatic carbocycles. The second-order valence-corrected chi connectivity index (χ2v) is 3.96. The molecule has 0 bridgehead atoms. The number of aromatic amines is 1. The van der Waals surface area contributed by atoms with Crippen molar-refractivity contribution in [2.75, 3.05) is 0 Å². The highest BCUT2D eigenvalue weighted by atomic mass is 127. The van der Waals surface area contributed by atoms with E-state index in [1.807, 2.05) is 0 Å². The summed E-state index contributed by atoms with van der Waals surface area (Å²) >= 11 is 2.41. The molecule has 2 heteroatoms. The first kappa shape index (κ1) is 6.70. The highest BCUT2D eigenvalue weighted by molar-refractivity contribution is 14.1. The first-order chi connectivity index (χ1) is 4.88. The van der Waals surface area contributed by atoms with Crippen molar-refractivity contribution in [1.29, 1.82) is 0 Å². The second kappa shape index (κ2) is 2.57. The van der Waals surface area contributed by atoms with Crippen LogP contribution < -0.4 is 0 Å². The number of halogens is 1. The maximum absolute atomic E-state index is 3.32. The molecule has 0 unspecified atom stereocenters. The van der Waals surface area contributed by atoms with Crippen LogP contribution in [0, 0.1) is 3.57 Å². The van der Waals surface area contributed by atoms with Gasteiger partial charge in [0.1, 0.15) is 0 Å². The molecular formula is C8H10IN. The van der Waals surface area contributed by atoms with Crippen LogP contribution in [-0.2, 0) is 12.8 Å². The van der Waals surface area contributed by atoms with Crippen molar-refractivity contribution >= 4 is 22.6 Å². The van der Waals surface area contributed by atoms with Gasteiger partial charge in [0.2, 0.25) is 0 Å². The lowest BCUT2D eigenvalue weighted by Gasteiger charge is -2.10. The summed E-state index contributed by atoms with van der Waals surface area (Å²) in [5.74, 6) is 0. The van der Waals surface area contributed by atoms with Gasteiger partial charge in [0.25, 0.3) is 0 Å². The smallest absolute Gasteiger partial charge is 0.0339 e. The van der Waals surface area contributed by atoms with Gasteiger partial charge in [-0.25, -0.2) is 0 Å². The van der Waals surface area contributed by atoms with Crippen LogP contribution in [0.4, 0.5) is 0 Å². The normalized spacial score (nSPS) is 16.9. The molecule has 10 heavy (non-hydrogen) atoms. The molecule has 0 saturated heterocycles. The predicted molar refractivity (Wildman–Crippen MR) is 50.2 cm³/mol. The summed E-state index contributed by atoms with van der Waals surface area (Å²) in [6.45, 7) is 0. The van der Waals surface area contributed by atoms with Crippen molar-refractivity contribution in [2.24, 2.45) is 0 Å². The third-order valence-electron chi connectivity index (χ3n) is 2.13. The van der Waals surface area contributed by atoms with Crippen LogP contribution in [0.1, 0.15) is 24.1 Å². The lowest BCUT2D eigenvalue weighted by Crippen LogP contribution is -2.00.